The van der Waals surface area contributed by atoms with Crippen LogP contribution < -0.4 is 5.32 Å². The topological polar surface area (TPSA) is 64.2 Å². The molecule has 0 aliphatic rings. The average molecular weight is 380 g/mol. The van der Waals surface area contributed by atoms with Gasteiger partial charge in [-0.2, -0.15) is 5.10 Å². The molecule has 4 aromatic rings. The summed E-state index contributed by atoms with van der Waals surface area (Å²) < 4.78 is 3.60. The number of amides is 1. The van der Waals surface area contributed by atoms with E-state index in [1.165, 1.54) is 0 Å². The van der Waals surface area contributed by atoms with Crippen molar-refractivity contribution in [3.8, 4) is 5.69 Å². The third-order valence-corrected chi connectivity index (χ3v) is 4.73. The number of benzene rings is 1. The van der Waals surface area contributed by atoms with E-state index in [0.717, 1.165) is 16.9 Å². The summed E-state index contributed by atoms with van der Waals surface area (Å²) in [5, 5.41) is 8.04. The van der Waals surface area contributed by atoms with Gasteiger partial charge in [0.25, 0.3) is 5.91 Å². The Morgan fingerprint density at radius 1 is 1.15 bits per heavy atom. The summed E-state index contributed by atoms with van der Waals surface area (Å²) in [6, 6.07) is 13.2. The van der Waals surface area contributed by atoms with E-state index in [0.29, 0.717) is 16.4 Å². The molecule has 0 saturated carbocycles. The summed E-state index contributed by atoms with van der Waals surface area (Å²) in [6.45, 7) is 3.93. The second kappa shape index (κ2) is 6.89. The summed E-state index contributed by atoms with van der Waals surface area (Å²) in [7, 11) is 0. The molecule has 27 heavy (non-hydrogen) atoms. The highest BCUT2D eigenvalue weighted by Gasteiger charge is 2.18. The molecule has 1 atom stereocenters. The highest BCUT2D eigenvalue weighted by atomic mass is 35.5. The van der Waals surface area contributed by atoms with Gasteiger partial charge in [0.1, 0.15) is 11.3 Å². The molecule has 0 aliphatic carbocycles. The molecule has 0 radical (unpaired) electrons. The summed E-state index contributed by atoms with van der Waals surface area (Å²) in [5.41, 5.74) is 3.94. The summed E-state index contributed by atoms with van der Waals surface area (Å²) in [6.07, 6.45) is 5.18. The molecule has 3 aromatic heterocycles. The predicted octanol–water partition coefficient (Wildman–Crippen LogP) is 3.97. The van der Waals surface area contributed by atoms with E-state index >= 15 is 0 Å². The first-order valence-corrected chi connectivity index (χ1v) is 8.96. The second-order valence-electron chi connectivity index (χ2n) is 6.37. The third-order valence-electron chi connectivity index (χ3n) is 4.51. The Labute approximate surface area is 161 Å². The van der Waals surface area contributed by atoms with E-state index in [9.17, 15) is 4.79 Å². The van der Waals surface area contributed by atoms with Crippen molar-refractivity contribution in [3.05, 3.63) is 83.0 Å². The molecular formula is C20H18ClN5O. The van der Waals surface area contributed by atoms with Crippen LogP contribution >= 0.6 is 11.6 Å². The summed E-state index contributed by atoms with van der Waals surface area (Å²) in [4.78, 5) is 17.0. The number of hydrogen-bond donors (Lipinski definition) is 1. The maximum Gasteiger partial charge on any atom is 0.271 e. The number of hydrogen-bond acceptors (Lipinski definition) is 3. The molecule has 4 rings (SSSR count). The molecule has 0 spiro atoms. The van der Waals surface area contributed by atoms with Gasteiger partial charge in [-0.3, -0.25) is 4.79 Å². The van der Waals surface area contributed by atoms with E-state index in [-0.39, 0.29) is 11.9 Å². The lowest BCUT2D eigenvalue weighted by Crippen LogP contribution is -2.27. The lowest BCUT2D eigenvalue weighted by molar-refractivity contribution is 0.0935. The molecule has 0 aliphatic heterocycles. The smallest absolute Gasteiger partial charge is 0.271 e. The number of imidazole rings is 1. The monoisotopic (exact) mass is 379 g/mol. The van der Waals surface area contributed by atoms with Crippen LogP contribution in [0.1, 0.15) is 34.7 Å². The van der Waals surface area contributed by atoms with E-state index in [1.807, 2.05) is 48.9 Å². The molecule has 0 bridgehead atoms. The van der Waals surface area contributed by atoms with Gasteiger partial charge in [0, 0.05) is 23.7 Å². The molecule has 0 fully saturated rings. The first-order chi connectivity index (χ1) is 13.0. The number of carbonyl (C=O) groups is 1. The highest BCUT2D eigenvalue weighted by molar-refractivity contribution is 6.30. The Balaban J connectivity index is 1.55. The van der Waals surface area contributed by atoms with Crippen LogP contribution in [0.2, 0.25) is 5.02 Å². The second-order valence-corrected chi connectivity index (χ2v) is 6.80. The minimum atomic E-state index is -0.241. The number of para-hydroxylation sites is 1. The van der Waals surface area contributed by atoms with Gasteiger partial charge >= 0.3 is 0 Å². The van der Waals surface area contributed by atoms with Crippen molar-refractivity contribution in [3.63, 3.8) is 0 Å². The fourth-order valence-electron chi connectivity index (χ4n) is 3.10. The SMILES string of the molecule is Cc1c(C(C)NC(=O)c2cn3cc(Cl)ccc3n2)cnn1-c1ccccc1. The van der Waals surface area contributed by atoms with Gasteiger partial charge in [0.05, 0.1) is 22.9 Å². The van der Waals surface area contributed by atoms with Gasteiger partial charge in [-0.05, 0) is 38.1 Å². The Bertz CT molecular complexity index is 1120. The number of fused-ring (bicyclic) bond motifs is 1. The number of nitrogens with one attached hydrogen (secondary N) is 1. The van der Waals surface area contributed by atoms with Crippen molar-refractivity contribution in [1.29, 1.82) is 0 Å². The van der Waals surface area contributed by atoms with Gasteiger partial charge in [-0.25, -0.2) is 9.67 Å². The Hall–Kier alpha value is -3.12. The fourth-order valence-corrected chi connectivity index (χ4v) is 3.27. The molecular weight excluding hydrogens is 362 g/mol. The van der Waals surface area contributed by atoms with Crippen molar-refractivity contribution < 1.29 is 4.79 Å². The maximum atomic E-state index is 12.6. The first-order valence-electron chi connectivity index (χ1n) is 8.58. The Morgan fingerprint density at radius 3 is 2.70 bits per heavy atom. The van der Waals surface area contributed by atoms with Gasteiger partial charge in [-0.15, -0.1) is 0 Å². The quantitative estimate of drug-likeness (QED) is 0.583. The minimum Gasteiger partial charge on any atom is -0.344 e. The fraction of sp³-hybridized carbons (Fsp3) is 0.150. The largest absolute Gasteiger partial charge is 0.344 e. The molecule has 0 saturated heterocycles. The van der Waals surface area contributed by atoms with Crippen LogP contribution in [-0.2, 0) is 0 Å². The minimum absolute atomic E-state index is 0.205. The van der Waals surface area contributed by atoms with Crippen molar-refractivity contribution >= 4 is 23.2 Å². The zero-order valence-electron chi connectivity index (χ0n) is 14.9. The van der Waals surface area contributed by atoms with Crippen LogP contribution in [0.5, 0.6) is 0 Å². The van der Waals surface area contributed by atoms with Crippen LogP contribution in [0.25, 0.3) is 11.3 Å². The van der Waals surface area contributed by atoms with Crippen molar-refractivity contribution in [1.82, 2.24) is 24.5 Å². The number of nitrogens with zero attached hydrogens (tertiary/aromatic N) is 4. The molecule has 6 nitrogen and oxygen atoms in total. The van der Waals surface area contributed by atoms with Gasteiger partial charge in [0.15, 0.2) is 0 Å². The van der Waals surface area contributed by atoms with Crippen LogP contribution in [-0.4, -0.2) is 25.1 Å². The molecule has 1 unspecified atom stereocenters. The van der Waals surface area contributed by atoms with Crippen LogP contribution in [0, 0.1) is 6.92 Å². The molecule has 1 amide bonds. The zero-order chi connectivity index (χ0) is 19.0. The summed E-state index contributed by atoms with van der Waals surface area (Å²) in [5.74, 6) is -0.241. The lowest BCUT2D eigenvalue weighted by atomic mass is 10.1. The Kier molecular flexibility index (Phi) is 4.41. The first kappa shape index (κ1) is 17.3. The van der Waals surface area contributed by atoms with E-state index in [4.69, 9.17) is 11.6 Å². The number of aromatic nitrogens is 4. The number of rotatable bonds is 4. The molecule has 3 heterocycles. The Morgan fingerprint density at radius 2 is 1.93 bits per heavy atom. The zero-order valence-corrected chi connectivity index (χ0v) is 15.7. The van der Waals surface area contributed by atoms with Crippen LogP contribution in [0.4, 0.5) is 0 Å². The number of halogens is 1. The molecule has 136 valence electrons. The standard InChI is InChI=1S/C20H18ClN5O/c1-13(17-10-22-26(14(17)2)16-6-4-3-5-7-16)23-20(27)18-12-25-11-15(21)8-9-19(25)24-18/h3-13H,1-2H3,(H,23,27). The van der Waals surface area contributed by atoms with Crippen molar-refractivity contribution in [2.75, 3.05) is 0 Å². The summed E-state index contributed by atoms with van der Waals surface area (Å²) >= 11 is 5.98. The van der Waals surface area contributed by atoms with Gasteiger partial charge in [0.2, 0.25) is 0 Å². The van der Waals surface area contributed by atoms with E-state index < -0.39 is 0 Å². The van der Waals surface area contributed by atoms with E-state index in [2.05, 4.69) is 15.4 Å². The van der Waals surface area contributed by atoms with Crippen LogP contribution in [0.3, 0.4) is 0 Å². The molecule has 1 aromatic carbocycles. The highest BCUT2D eigenvalue weighted by Crippen LogP contribution is 2.20. The lowest BCUT2D eigenvalue weighted by Gasteiger charge is -2.13. The van der Waals surface area contributed by atoms with Crippen LogP contribution in [0.15, 0.2) is 61.1 Å². The maximum absolute atomic E-state index is 12.6. The number of carbonyl (C=O) groups excluding carboxylic acids is 1. The molecule has 1 N–H and O–H groups in total. The third kappa shape index (κ3) is 3.31. The van der Waals surface area contributed by atoms with Crippen molar-refractivity contribution in [2.24, 2.45) is 0 Å². The predicted molar refractivity (Wildman–Crippen MR) is 104 cm³/mol. The molecule has 7 heteroatoms. The normalized spacial score (nSPS) is 12.3. The van der Waals surface area contributed by atoms with Gasteiger partial charge < -0.3 is 9.72 Å². The van der Waals surface area contributed by atoms with Gasteiger partial charge in [-0.1, -0.05) is 29.8 Å². The van der Waals surface area contributed by atoms with E-state index in [1.54, 1.807) is 35.1 Å². The average Bonchev–Trinajstić information content (AvgIpc) is 3.25. The number of pyridine rings is 1. The van der Waals surface area contributed by atoms with Crippen molar-refractivity contribution in [2.45, 2.75) is 19.9 Å².